The van der Waals surface area contributed by atoms with Crippen molar-refractivity contribution in [3.05, 3.63) is 11.4 Å². The van der Waals surface area contributed by atoms with Crippen LogP contribution in [0.5, 0.6) is 0 Å². The van der Waals surface area contributed by atoms with Gasteiger partial charge in [0, 0.05) is 0 Å². The number of rotatable bonds is 4. The maximum absolute atomic E-state index is 11.5. The van der Waals surface area contributed by atoms with Crippen molar-refractivity contribution in [1.82, 2.24) is 15.0 Å². The number of nitrogens with zero attached hydrogens (tertiary/aromatic N) is 3. The molecule has 1 aromatic heterocycles. The van der Waals surface area contributed by atoms with Crippen molar-refractivity contribution in [2.45, 2.75) is 40.2 Å². The van der Waals surface area contributed by atoms with Crippen molar-refractivity contribution in [3.8, 4) is 0 Å². The first-order valence-corrected chi connectivity index (χ1v) is 5.20. The molecule has 1 aromatic rings. The van der Waals surface area contributed by atoms with Gasteiger partial charge in [-0.15, -0.1) is 5.10 Å². The number of ether oxygens (including phenoxy) is 1. The lowest BCUT2D eigenvalue weighted by Gasteiger charge is -2.09. The molecule has 0 N–H and O–H groups in total. The molecule has 0 aromatic carbocycles. The third kappa shape index (κ3) is 2.34. The summed E-state index contributed by atoms with van der Waals surface area (Å²) in [5.74, 6) is -0.399. The Morgan fingerprint density at radius 2 is 2.20 bits per heavy atom. The molecule has 1 unspecified atom stereocenters. The minimum atomic E-state index is -0.399. The fourth-order valence-electron chi connectivity index (χ4n) is 1.32. The molecule has 0 amide bonds. The summed E-state index contributed by atoms with van der Waals surface area (Å²) in [6.07, 6.45) is 0.951. The summed E-state index contributed by atoms with van der Waals surface area (Å²) in [5, 5.41) is 7.80. The summed E-state index contributed by atoms with van der Waals surface area (Å²) in [5.41, 5.74) is 1.08. The van der Waals surface area contributed by atoms with E-state index >= 15 is 0 Å². The van der Waals surface area contributed by atoms with Crippen molar-refractivity contribution >= 4 is 5.97 Å². The molecule has 0 radical (unpaired) electrons. The largest absolute Gasteiger partial charge is 0.461 e. The zero-order chi connectivity index (χ0) is 11.4. The molecule has 15 heavy (non-hydrogen) atoms. The third-order valence-corrected chi connectivity index (χ3v) is 2.40. The maximum atomic E-state index is 11.5. The minimum Gasteiger partial charge on any atom is -0.461 e. The lowest BCUT2D eigenvalue weighted by Crippen LogP contribution is -2.10. The topological polar surface area (TPSA) is 57.0 Å². The molecule has 5 heteroatoms. The van der Waals surface area contributed by atoms with Crippen LogP contribution in [0.25, 0.3) is 0 Å². The molecule has 0 bridgehead atoms. The molecular formula is C10H17N3O2. The van der Waals surface area contributed by atoms with Crippen LogP contribution in [0.4, 0.5) is 0 Å². The Morgan fingerprint density at radius 3 is 2.73 bits per heavy atom. The number of carbonyl (C=O) groups excluding carboxylic acids is 1. The molecule has 0 fully saturated rings. The van der Waals surface area contributed by atoms with E-state index in [-0.39, 0.29) is 6.04 Å². The van der Waals surface area contributed by atoms with Gasteiger partial charge >= 0.3 is 5.97 Å². The predicted octanol–water partition coefficient (Wildman–Crippen LogP) is 1.73. The van der Waals surface area contributed by atoms with E-state index < -0.39 is 5.97 Å². The quantitative estimate of drug-likeness (QED) is 0.712. The summed E-state index contributed by atoms with van der Waals surface area (Å²) in [7, 11) is 0. The Morgan fingerprint density at radius 1 is 1.53 bits per heavy atom. The van der Waals surface area contributed by atoms with Crippen molar-refractivity contribution in [1.29, 1.82) is 0 Å². The summed E-state index contributed by atoms with van der Waals surface area (Å²) in [6.45, 7) is 8.06. The van der Waals surface area contributed by atoms with Crippen LogP contribution in [-0.4, -0.2) is 27.6 Å². The number of hydrogen-bond acceptors (Lipinski definition) is 4. The smallest absolute Gasteiger partial charge is 0.360 e. The van der Waals surface area contributed by atoms with Crippen LogP contribution < -0.4 is 0 Å². The van der Waals surface area contributed by atoms with Crippen LogP contribution in [0.15, 0.2) is 0 Å². The van der Waals surface area contributed by atoms with E-state index in [9.17, 15) is 4.79 Å². The van der Waals surface area contributed by atoms with E-state index in [0.717, 1.165) is 12.1 Å². The molecule has 0 spiro atoms. The molecule has 1 heterocycles. The van der Waals surface area contributed by atoms with Crippen molar-refractivity contribution in [2.75, 3.05) is 6.61 Å². The van der Waals surface area contributed by atoms with Crippen molar-refractivity contribution < 1.29 is 9.53 Å². The second-order valence-corrected chi connectivity index (χ2v) is 3.45. The van der Waals surface area contributed by atoms with E-state index in [1.54, 1.807) is 11.6 Å². The molecule has 0 saturated carbocycles. The Hall–Kier alpha value is -1.39. The molecular weight excluding hydrogens is 194 g/mol. The van der Waals surface area contributed by atoms with Crippen molar-refractivity contribution in [2.24, 2.45) is 0 Å². The highest BCUT2D eigenvalue weighted by Crippen LogP contribution is 2.14. The fraction of sp³-hybridized carbons (Fsp3) is 0.700. The van der Waals surface area contributed by atoms with E-state index in [4.69, 9.17) is 4.74 Å². The Balaban J connectivity index is 2.93. The number of hydrogen-bond donors (Lipinski definition) is 0. The number of carbonyl (C=O) groups is 1. The number of aromatic nitrogens is 3. The van der Waals surface area contributed by atoms with Crippen LogP contribution in [-0.2, 0) is 4.74 Å². The van der Waals surface area contributed by atoms with E-state index in [1.807, 2.05) is 13.8 Å². The molecule has 1 rings (SSSR count). The summed E-state index contributed by atoms with van der Waals surface area (Å²) in [4.78, 5) is 11.5. The SMILES string of the molecule is CCOC(=O)c1nnn(C(C)CC)c1C. The van der Waals surface area contributed by atoms with Gasteiger partial charge in [0.1, 0.15) is 0 Å². The molecule has 0 aliphatic rings. The zero-order valence-electron chi connectivity index (χ0n) is 9.65. The molecule has 84 valence electrons. The standard InChI is InChI=1S/C10H17N3O2/c1-5-7(3)13-8(4)9(11-12-13)10(14)15-6-2/h7H,5-6H2,1-4H3. The normalized spacial score (nSPS) is 12.5. The molecule has 1 atom stereocenters. The van der Waals surface area contributed by atoms with Gasteiger partial charge < -0.3 is 4.74 Å². The van der Waals surface area contributed by atoms with Gasteiger partial charge in [0.25, 0.3) is 0 Å². The molecule has 0 aliphatic carbocycles. The number of esters is 1. The van der Waals surface area contributed by atoms with Crippen LogP contribution in [0.1, 0.15) is 49.4 Å². The van der Waals surface area contributed by atoms with Crippen LogP contribution in [0.3, 0.4) is 0 Å². The third-order valence-electron chi connectivity index (χ3n) is 2.40. The highest BCUT2D eigenvalue weighted by Gasteiger charge is 2.19. The average molecular weight is 211 g/mol. The van der Waals surface area contributed by atoms with E-state index in [0.29, 0.717) is 12.3 Å². The van der Waals surface area contributed by atoms with Gasteiger partial charge in [0.15, 0.2) is 5.69 Å². The summed E-state index contributed by atoms with van der Waals surface area (Å²) in [6, 6.07) is 0.251. The fourth-order valence-corrected chi connectivity index (χ4v) is 1.32. The van der Waals surface area contributed by atoms with Gasteiger partial charge in [0.2, 0.25) is 0 Å². The summed E-state index contributed by atoms with van der Waals surface area (Å²) >= 11 is 0. The Labute approximate surface area is 89.4 Å². The van der Waals surface area contributed by atoms with Gasteiger partial charge in [-0.25, -0.2) is 9.48 Å². The maximum Gasteiger partial charge on any atom is 0.360 e. The lowest BCUT2D eigenvalue weighted by molar-refractivity contribution is 0.0518. The predicted molar refractivity (Wildman–Crippen MR) is 55.7 cm³/mol. The Bertz CT molecular complexity index is 346. The zero-order valence-corrected chi connectivity index (χ0v) is 9.65. The average Bonchev–Trinajstić information content (AvgIpc) is 2.59. The first-order valence-electron chi connectivity index (χ1n) is 5.20. The lowest BCUT2D eigenvalue weighted by atomic mass is 10.2. The van der Waals surface area contributed by atoms with E-state index in [2.05, 4.69) is 17.2 Å². The summed E-state index contributed by atoms with van der Waals surface area (Å²) < 4.78 is 6.64. The van der Waals surface area contributed by atoms with E-state index in [1.165, 1.54) is 0 Å². The van der Waals surface area contributed by atoms with Gasteiger partial charge in [-0.1, -0.05) is 12.1 Å². The molecule has 5 nitrogen and oxygen atoms in total. The van der Waals surface area contributed by atoms with Crippen LogP contribution in [0.2, 0.25) is 0 Å². The highest BCUT2D eigenvalue weighted by atomic mass is 16.5. The van der Waals surface area contributed by atoms with Gasteiger partial charge in [-0.3, -0.25) is 0 Å². The Kier molecular flexibility index (Phi) is 3.82. The van der Waals surface area contributed by atoms with Gasteiger partial charge in [0.05, 0.1) is 18.3 Å². The van der Waals surface area contributed by atoms with Gasteiger partial charge in [-0.05, 0) is 27.2 Å². The van der Waals surface area contributed by atoms with Crippen molar-refractivity contribution in [3.63, 3.8) is 0 Å². The second-order valence-electron chi connectivity index (χ2n) is 3.45. The first kappa shape index (κ1) is 11.7. The highest BCUT2D eigenvalue weighted by molar-refractivity contribution is 5.88. The molecule has 0 aliphatic heterocycles. The van der Waals surface area contributed by atoms with Gasteiger partial charge in [-0.2, -0.15) is 0 Å². The minimum absolute atomic E-state index is 0.251. The molecule has 0 saturated heterocycles. The monoisotopic (exact) mass is 211 g/mol. The first-order chi connectivity index (χ1) is 7.11. The van der Waals surface area contributed by atoms with Crippen LogP contribution in [0, 0.1) is 6.92 Å². The second kappa shape index (κ2) is 4.91. The van der Waals surface area contributed by atoms with Crippen LogP contribution >= 0.6 is 0 Å².